The Morgan fingerprint density at radius 2 is 1.65 bits per heavy atom. The number of benzene rings is 2. The molecular weight excluding hydrogens is 418 g/mol. The second-order valence-electron chi connectivity index (χ2n) is 6.90. The highest BCUT2D eigenvalue weighted by Crippen LogP contribution is 2.25. The standard InChI is InChI=1S/C22H29N3O5S/c1-5-25(6-2)31(28,29)18-10-8-17(9-11-18)13-14-23-21(26)22(27)24-19-15-16(3)7-12-20(19)30-4/h7-12,15H,5-6,13-14H2,1-4H3,(H,23,26)(H,24,27). The zero-order valence-electron chi connectivity index (χ0n) is 18.3. The van der Waals surface area contributed by atoms with E-state index in [-0.39, 0.29) is 11.4 Å². The van der Waals surface area contributed by atoms with Gasteiger partial charge in [0.1, 0.15) is 5.75 Å². The van der Waals surface area contributed by atoms with Crippen LogP contribution in [-0.2, 0) is 26.0 Å². The molecule has 0 unspecified atom stereocenters. The van der Waals surface area contributed by atoms with Gasteiger partial charge in [0, 0.05) is 19.6 Å². The number of methoxy groups -OCH3 is 1. The quantitative estimate of drug-likeness (QED) is 0.574. The first kappa shape index (κ1) is 24.4. The van der Waals surface area contributed by atoms with Gasteiger partial charge in [-0.3, -0.25) is 9.59 Å². The van der Waals surface area contributed by atoms with Crippen LogP contribution < -0.4 is 15.4 Å². The Morgan fingerprint density at radius 3 is 2.23 bits per heavy atom. The van der Waals surface area contributed by atoms with E-state index in [1.807, 2.05) is 13.0 Å². The number of carbonyl (C=O) groups excluding carboxylic acids is 2. The summed E-state index contributed by atoms with van der Waals surface area (Å²) in [6.07, 6.45) is 0.457. The number of rotatable bonds is 9. The Kier molecular flexibility index (Phi) is 8.58. The Labute approximate surface area is 183 Å². The maximum Gasteiger partial charge on any atom is 0.313 e. The molecule has 8 nitrogen and oxygen atoms in total. The summed E-state index contributed by atoms with van der Waals surface area (Å²) < 4.78 is 31.6. The lowest BCUT2D eigenvalue weighted by atomic mass is 10.1. The first-order valence-electron chi connectivity index (χ1n) is 10.1. The van der Waals surface area contributed by atoms with E-state index in [9.17, 15) is 18.0 Å². The van der Waals surface area contributed by atoms with Gasteiger partial charge in [-0.2, -0.15) is 4.31 Å². The van der Waals surface area contributed by atoms with Gasteiger partial charge in [-0.05, 0) is 48.7 Å². The van der Waals surface area contributed by atoms with Crippen molar-refractivity contribution < 1.29 is 22.7 Å². The number of nitrogens with zero attached hydrogens (tertiary/aromatic N) is 1. The van der Waals surface area contributed by atoms with E-state index in [0.29, 0.717) is 30.9 Å². The van der Waals surface area contributed by atoms with Crippen molar-refractivity contribution in [1.82, 2.24) is 9.62 Å². The second-order valence-corrected chi connectivity index (χ2v) is 8.83. The molecule has 0 fully saturated rings. The van der Waals surface area contributed by atoms with E-state index < -0.39 is 21.8 Å². The molecule has 0 saturated carbocycles. The van der Waals surface area contributed by atoms with Gasteiger partial charge in [-0.25, -0.2) is 8.42 Å². The molecular formula is C22H29N3O5S. The fourth-order valence-electron chi connectivity index (χ4n) is 3.04. The third-order valence-electron chi connectivity index (χ3n) is 4.78. The molecule has 0 spiro atoms. The van der Waals surface area contributed by atoms with Crippen molar-refractivity contribution in [2.24, 2.45) is 0 Å². The molecule has 0 aromatic heterocycles. The van der Waals surface area contributed by atoms with Crippen LogP contribution in [0.5, 0.6) is 5.75 Å². The number of hydrogen-bond donors (Lipinski definition) is 2. The highest BCUT2D eigenvalue weighted by Gasteiger charge is 2.21. The van der Waals surface area contributed by atoms with Crippen LogP contribution in [0.4, 0.5) is 5.69 Å². The van der Waals surface area contributed by atoms with Gasteiger partial charge in [0.15, 0.2) is 0 Å². The van der Waals surface area contributed by atoms with Crippen LogP contribution in [0.15, 0.2) is 47.4 Å². The lowest BCUT2D eigenvalue weighted by Crippen LogP contribution is -2.36. The van der Waals surface area contributed by atoms with E-state index in [4.69, 9.17) is 4.74 Å². The van der Waals surface area contributed by atoms with Gasteiger partial charge in [0.05, 0.1) is 17.7 Å². The lowest BCUT2D eigenvalue weighted by molar-refractivity contribution is -0.136. The monoisotopic (exact) mass is 447 g/mol. The van der Waals surface area contributed by atoms with Crippen molar-refractivity contribution in [2.45, 2.75) is 32.1 Å². The summed E-state index contributed by atoms with van der Waals surface area (Å²) in [6.45, 7) is 6.51. The second kappa shape index (κ2) is 10.9. The number of anilines is 1. The van der Waals surface area contributed by atoms with Gasteiger partial charge in [0.25, 0.3) is 0 Å². The van der Waals surface area contributed by atoms with Crippen molar-refractivity contribution >= 4 is 27.5 Å². The number of aryl methyl sites for hydroxylation is 1. The van der Waals surface area contributed by atoms with E-state index in [1.165, 1.54) is 11.4 Å². The van der Waals surface area contributed by atoms with Crippen molar-refractivity contribution in [1.29, 1.82) is 0 Å². The minimum atomic E-state index is -3.50. The number of nitrogens with one attached hydrogen (secondary N) is 2. The number of amides is 2. The Bertz CT molecular complexity index is 1020. The summed E-state index contributed by atoms with van der Waals surface area (Å²) in [5, 5.41) is 5.12. The zero-order valence-corrected chi connectivity index (χ0v) is 19.1. The molecule has 0 aliphatic rings. The molecule has 0 atom stereocenters. The number of carbonyl (C=O) groups is 2. The van der Waals surface area contributed by atoms with Gasteiger partial charge in [-0.15, -0.1) is 0 Å². The lowest BCUT2D eigenvalue weighted by Gasteiger charge is -2.18. The Morgan fingerprint density at radius 1 is 1.00 bits per heavy atom. The molecule has 0 bridgehead atoms. The van der Waals surface area contributed by atoms with E-state index in [1.54, 1.807) is 50.2 Å². The molecule has 0 saturated heterocycles. The molecule has 2 aromatic carbocycles. The molecule has 2 aromatic rings. The van der Waals surface area contributed by atoms with Gasteiger partial charge in [0.2, 0.25) is 10.0 Å². The molecule has 0 aliphatic heterocycles. The molecule has 0 heterocycles. The summed E-state index contributed by atoms with van der Waals surface area (Å²) in [7, 11) is -2.02. The molecule has 9 heteroatoms. The average molecular weight is 448 g/mol. The van der Waals surface area contributed by atoms with Gasteiger partial charge >= 0.3 is 11.8 Å². The number of ether oxygens (including phenoxy) is 1. The fourth-order valence-corrected chi connectivity index (χ4v) is 4.50. The highest BCUT2D eigenvalue weighted by atomic mass is 32.2. The molecule has 0 radical (unpaired) electrons. The van der Waals surface area contributed by atoms with Crippen LogP contribution >= 0.6 is 0 Å². The predicted octanol–water partition coefficient (Wildman–Crippen LogP) is 2.33. The topological polar surface area (TPSA) is 105 Å². The highest BCUT2D eigenvalue weighted by molar-refractivity contribution is 7.89. The third-order valence-corrected chi connectivity index (χ3v) is 6.84. The van der Waals surface area contributed by atoms with Crippen LogP contribution in [0.3, 0.4) is 0 Å². The summed E-state index contributed by atoms with van der Waals surface area (Å²) >= 11 is 0. The van der Waals surface area contributed by atoms with E-state index >= 15 is 0 Å². The maximum atomic E-state index is 12.5. The number of sulfonamides is 1. The maximum absolute atomic E-state index is 12.5. The minimum absolute atomic E-state index is 0.232. The first-order valence-corrected chi connectivity index (χ1v) is 11.5. The largest absolute Gasteiger partial charge is 0.495 e. The first-order chi connectivity index (χ1) is 14.7. The van der Waals surface area contributed by atoms with Crippen LogP contribution in [0.2, 0.25) is 0 Å². The average Bonchev–Trinajstić information content (AvgIpc) is 2.75. The van der Waals surface area contributed by atoms with Crippen molar-refractivity contribution in [3.63, 3.8) is 0 Å². The van der Waals surface area contributed by atoms with E-state index in [2.05, 4.69) is 10.6 Å². The summed E-state index contributed by atoms with van der Waals surface area (Å²) in [5.74, 6) is -1.08. The predicted molar refractivity (Wildman–Crippen MR) is 120 cm³/mol. The van der Waals surface area contributed by atoms with Crippen molar-refractivity contribution in [2.75, 3.05) is 32.1 Å². The van der Waals surface area contributed by atoms with Crippen LogP contribution in [0, 0.1) is 6.92 Å². The smallest absolute Gasteiger partial charge is 0.313 e. The van der Waals surface area contributed by atoms with Gasteiger partial charge in [-0.1, -0.05) is 32.0 Å². The number of hydrogen-bond acceptors (Lipinski definition) is 5. The van der Waals surface area contributed by atoms with Crippen molar-refractivity contribution in [3.05, 3.63) is 53.6 Å². The molecule has 168 valence electrons. The Hall–Kier alpha value is -2.91. The van der Waals surface area contributed by atoms with Gasteiger partial charge < -0.3 is 15.4 Å². The normalized spacial score (nSPS) is 11.3. The summed E-state index contributed by atoms with van der Waals surface area (Å²) in [6, 6.07) is 11.8. The molecule has 0 aliphatic carbocycles. The minimum Gasteiger partial charge on any atom is -0.495 e. The summed E-state index contributed by atoms with van der Waals surface area (Å²) in [4.78, 5) is 24.5. The van der Waals surface area contributed by atoms with Crippen LogP contribution in [0.25, 0.3) is 0 Å². The third kappa shape index (κ3) is 6.28. The van der Waals surface area contributed by atoms with Crippen LogP contribution in [0.1, 0.15) is 25.0 Å². The fraction of sp³-hybridized carbons (Fsp3) is 0.364. The van der Waals surface area contributed by atoms with Crippen LogP contribution in [-0.4, -0.2) is 51.3 Å². The van der Waals surface area contributed by atoms with E-state index in [0.717, 1.165) is 11.1 Å². The molecule has 2 amide bonds. The SMILES string of the molecule is CCN(CC)S(=O)(=O)c1ccc(CCNC(=O)C(=O)Nc2cc(C)ccc2OC)cc1. The molecule has 2 N–H and O–H groups in total. The van der Waals surface area contributed by atoms with Crippen molar-refractivity contribution in [3.8, 4) is 5.75 Å². The Balaban J connectivity index is 1.91. The molecule has 2 rings (SSSR count). The molecule has 31 heavy (non-hydrogen) atoms. The zero-order chi connectivity index (χ0) is 23.0. The summed E-state index contributed by atoms with van der Waals surface area (Å²) in [5.41, 5.74) is 2.19.